The van der Waals surface area contributed by atoms with Gasteiger partial charge in [0.2, 0.25) is 0 Å². The van der Waals surface area contributed by atoms with Gasteiger partial charge in [-0.3, -0.25) is 9.78 Å². The summed E-state index contributed by atoms with van der Waals surface area (Å²) in [7, 11) is 0. The number of benzene rings is 1. The lowest BCUT2D eigenvalue weighted by molar-refractivity contribution is 0.0771. The van der Waals surface area contributed by atoms with Crippen molar-refractivity contribution >= 4 is 21.8 Å². The van der Waals surface area contributed by atoms with Gasteiger partial charge in [0.25, 0.3) is 5.91 Å². The Hall–Kier alpha value is -1.88. The SMILES string of the molecule is O=C(c1ccccc1Br)N1CCC(Oc2ccncc2)C1. The van der Waals surface area contributed by atoms with E-state index in [-0.39, 0.29) is 12.0 Å². The molecular weight excluding hydrogens is 332 g/mol. The first-order valence-electron chi connectivity index (χ1n) is 6.84. The Morgan fingerprint density at radius 3 is 2.76 bits per heavy atom. The zero-order valence-electron chi connectivity index (χ0n) is 11.4. The minimum absolute atomic E-state index is 0.0406. The first-order valence-corrected chi connectivity index (χ1v) is 7.64. The molecule has 0 radical (unpaired) electrons. The molecule has 1 aliphatic heterocycles. The Balaban J connectivity index is 1.65. The number of hydrogen-bond acceptors (Lipinski definition) is 3. The zero-order chi connectivity index (χ0) is 14.7. The number of carbonyl (C=O) groups is 1. The summed E-state index contributed by atoms with van der Waals surface area (Å²) in [6.07, 6.45) is 4.29. The molecule has 1 unspecified atom stereocenters. The summed E-state index contributed by atoms with van der Waals surface area (Å²) < 4.78 is 6.70. The first kappa shape index (κ1) is 14.1. The van der Waals surface area contributed by atoms with Crippen LogP contribution in [-0.2, 0) is 0 Å². The molecule has 21 heavy (non-hydrogen) atoms. The fourth-order valence-corrected chi connectivity index (χ4v) is 2.88. The van der Waals surface area contributed by atoms with Crippen molar-refractivity contribution < 1.29 is 9.53 Å². The van der Waals surface area contributed by atoms with Crippen LogP contribution in [0.4, 0.5) is 0 Å². The van der Waals surface area contributed by atoms with Crippen molar-refractivity contribution in [2.45, 2.75) is 12.5 Å². The molecule has 1 aromatic carbocycles. The molecule has 0 N–H and O–H groups in total. The summed E-state index contributed by atoms with van der Waals surface area (Å²) in [6, 6.07) is 11.2. The highest BCUT2D eigenvalue weighted by molar-refractivity contribution is 9.10. The number of hydrogen-bond donors (Lipinski definition) is 0. The Bertz CT molecular complexity index is 633. The van der Waals surface area contributed by atoms with Gasteiger partial charge >= 0.3 is 0 Å². The molecule has 0 spiro atoms. The van der Waals surface area contributed by atoms with Gasteiger partial charge in [-0.2, -0.15) is 0 Å². The molecule has 108 valence electrons. The highest BCUT2D eigenvalue weighted by atomic mass is 79.9. The van der Waals surface area contributed by atoms with Crippen LogP contribution in [0.2, 0.25) is 0 Å². The number of halogens is 1. The molecule has 1 saturated heterocycles. The van der Waals surface area contributed by atoms with E-state index in [0.717, 1.165) is 23.2 Å². The maximum atomic E-state index is 12.5. The van der Waals surface area contributed by atoms with Crippen molar-refractivity contribution in [1.82, 2.24) is 9.88 Å². The van der Waals surface area contributed by atoms with Crippen LogP contribution in [0.25, 0.3) is 0 Å². The van der Waals surface area contributed by atoms with E-state index >= 15 is 0 Å². The normalized spacial score (nSPS) is 17.8. The van der Waals surface area contributed by atoms with Gasteiger partial charge in [0.05, 0.1) is 12.1 Å². The van der Waals surface area contributed by atoms with Crippen molar-refractivity contribution in [1.29, 1.82) is 0 Å². The predicted octanol–water partition coefficient (Wildman–Crippen LogP) is 3.14. The third kappa shape index (κ3) is 3.24. The van der Waals surface area contributed by atoms with Crippen LogP contribution in [-0.4, -0.2) is 35.0 Å². The van der Waals surface area contributed by atoms with E-state index in [1.807, 2.05) is 41.3 Å². The van der Waals surface area contributed by atoms with E-state index < -0.39 is 0 Å². The number of nitrogens with zero attached hydrogens (tertiary/aromatic N) is 2. The number of pyridine rings is 1. The summed E-state index contributed by atoms with van der Waals surface area (Å²) in [5.41, 5.74) is 0.696. The Morgan fingerprint density at radius 2 is 2.00 bits per heavy atom. The third-order valence-electron chi connectivity index (χ3n) is 3.49. The van der Waals surface area contributed by atoms with Gasteiger partial charge in [-0.1, -0.05) is 12.1 Å². The van der Waals surface area contributed by atoms with E-state index in [9.17, 15) is 4.79 Å². The lowest BCUT2D eigenvalue weighted by Crippen LogP contribution is -2.31. The Labute approximate surface area is 131 Å². The molecule has 1 fully saturated rings. The smallest absolute Gasteiger partial charge is 0.255 e. The van der Waals surface area contributed by atoms with Crippen LogP contribution in [0, 0.1) is 0 Å². The molecule has 4 nitrogen and oxygen atoms in total. The maximum absolute atomic E-state index is 12.5. The van der Waals surface area contributed by atoms with Crippen LogP contribution < -0.4 is 4.74 Å². The molecule has 0 bridgehead atoms. The van der Waals surface area contributed by atoms with Crippen LogP contribution in [0.15, 0.2) is 53.3 Å². The van der Waals surface area contributed by atoms with Gasteiger partial charge in [0, 0.05) is 29.8 Å². The van der Waals surface area contributed by atoms with Crippen LogP contribution in [0.3, 0.4) is 0 Å². The minimum Gasteiger partial charge on any atom is -0.488 e. The summed E-state index contributed by atoms with van der Waals surface area (Å²) in [5, 5.41) is 0. The van der Waals surface area contributed by atoms with Crippen molar-refractivity contribution in [3.05, 3.63) is 58.8 Å². The number of ether oxygens (including phenoxy) is 1. The molecule has 2 heterocycles. The Morgan fingerprint density at radius 1 is 1.24 bits per heavy atom. The van der Waals surface area contributed by atoms with Crippen molar-refractivity contribution in [3.63, 3.8) is 0 Å². The topological polar surface area (TPSA) is 42.4 Å². The van der Waals surface area contributed by atoms with Gasteiger partial charge < -0.3 is 9.64 Å². The van der Waals surface area contributed by atoms with Gasteiger partial charge in [0.1, 0.15) is 11.9 Å². The molecule has 1 aromatic heterocycles. The Kier molecular flexibility index (Phi) is 4.20. The lowest BCUT2D eigenvalue weighted by Gasteiger charge is -2.18. The summed E-state index contributed by atoms with van der Waals surface area (Å²) in [5.74, 6) is 0.841. The second-order valence-electron chi connectivity index (χ2n) is 4.94. The van der Waals surface area contributed by atoms with Gasteiger partial charge in [-0.15, -0.1) is 0 Å². The second-order valence-corrected chi connectivity index (χ2v) is 5.80. The monoisotopic (exact) mass is 346 g/mol. The molecule has 0 aliphatic carbocycles. The van der Waals surface area contributed by atoms with Crippen molar-refractivity contribution in [2.24, 2.45) is 0 Å². The first-order chi connectivity index (χ1) is 10.2. The quantitative estimate of drug-likeness (QED) is 0.857. The number of aromatic nitrogens is 1. The molecule has 1 amide bonds. The van der Waals surface area contributed by atoms with Gasteiger partial charge in [-0.25, -0.2) is 0 Å². The predicted molar refractivity (Wildman–Crippen MR) is 83.3 cm³/mol. The standard InChI is InChI=1S/C16H15BrN2O2/c17-15-4-2-1-3-14(15)16(20)19-10-7-13(11-19)21-12-5-8-18-9-6-12/h1-6,8-9,13H,7,10-11H2. The summed E-state index contributed by atoms with van der Waals surface area (Å²) in [4.78, 5) is 18.3. The zero-order valence-corrected chi connectivity index (χ0v) is 13.0. The minimum atomic E-state index is 0.0406. The highest BCUT2D eigenvalue weighted by Crippen LogP contribution is 2.22. The molecular formula is C16H15BrN2O2. The largest absolute Gasteiger partial charge is 0.488 e. The van der Waals surface area contributed by atoms with E-state index in [2.05, 4.69) is 20.9 Å². The lowest BCUT2D eigenvalue weighted by atomic mass is 10.2. The van der Waals surface area contributed by atoms with Crippen molar-refractivity contribution in [3.8, 4) is 5.75 Å². The van der Waals surface area contributed by atoms with Crippen LogP contribution in [0.1, 0.15) is 16.8 Å². The molecule has 2 aromatic rings. The summed E-state index contributed by atoms with van der Waals surface area (Å²) >= 11 is 3.43. The molecule has 1 aliphatic rings. The third-order valence-corrected chi connectivity index (χ3v) is 4.18. The van der Waals surface area contributed by atoms with E-state index in [0.29, 0.717) is 12.1 Å². The number of likely N-dealkylation sites (tertiary alicyclic amines) is 1. The van der Waals surface area contributed by atoms with E-state index in [4.69, 9.17) is 4.74 Å². The number of rotatable bonds is 3. The average Bonchev–Trinajstić information content (AvgIpc) is 2.97. The highest BCUT2D eigenvalue weighted by Gasteiger charge is 2.28. The molecule has 1 atom stereocenters. The molecule has 0 saturated carbocycles. The average molecular weight is 347 g/mol. The fourth-order valence-electron chi connectivity index (χ4n) is 2.42. The van der Waals surface area contributed by atoms with Gasteiger partial charge in [-0.05, 0) is 40.2 Å². The second kappa shape index (κ2) is 6.26. The molecule has 5 heteroatoms. The van der Waals surface area contributed by atoms with Gasteiger partial charge in [0.15, 0.2) is 0 Å². The summed E-state index contributed by atoms with van der Waals surface area (Å²) in [6.45, 7) is 1.33. The van der Waals surface area contributed by atoms with Crippen LogP contribution >= 0.6 is 15.9 Å². The van der Waals surface area contributed by atoms with E-state index in [1.54, 1.807) is 12.4 Å². The molecule has 3 rings (SSSR count). The van der Waals surface area contributed by atoms with E-state index in [1.165, 1.54) is 0 Å². The fraction of sp³-hybridized carbons (Fsp3) is 0.250. The maximum Gasteiger partial charge on any atom is 0.255 e. The number of carbonyl (C=O) groups excluding carboxylic acids is 1. The number of amides is 1. The van der Waals surface area contributed by atoms with Crippen LogP contribution in [0.5, 0.6) is 5.75 Å². The van der Waals surface area contributed by atoms with Crippen molar-refractivity contribution in [2.75, 3.05) is 13.1 Å².